The van der Waals surface area contributed by atoms with Gasteiger partial charge >= 0.3 is 0 Å². The fraction of sp³-hybridized carbons (Fsp3) is 0.619. The maximum atomic E-state index is 10.2. The van der Waals surface area contributed by atoms with Crippen molar-refractivity contribution in [2.75, 3.05) is 19.8 Å². The van der Waals surface area contributed by atoms with Crippen molar-refractivity contribution in [3.63, 3.8) is 0 Å². The number of nitrogens with one attached hydrogen (secondary N) is 1. The summed E-state index contributed by atoms with van der Waals surface area (Å²) >= 11 is 0. The molecule has 0 radical (unpaired) electrons. The molecule has 0 aliphatic carbocycles. The molecule has 2 saturated heterocycles. The van der Waals surface area contributed by atoms with Gasteiger partial charge in [0.1, 0.15) is 42.7 Å². The van der Waals surface area contributed by atoms with E-state index in [1.165, 1.54) is 0 Å². The molecule has 32 heavy (non-hydrogen) atoms. The Morgan fingerprint density at radius 2 is 1.62 bits per heavy atom. The zero-order chi connectivity index (χ0) is 22.8. The molecule has 2 aliphatic heterocycles. The quantitative estimate of drug-likeness (QED) is 0.247. The van der Waals surface area contributed by atoms with Crippen LogP contribution in [-0.2, 0) is 25.4 Å². The number of hydrogen-bond acceptors (Lipinski definition) is 10. The highest BCUT2D eigenvalue weighted by Gasteiger charge is 2.45. The summed E-state index contributed by atoms with van der Waals surface area (Å²) in [4.78, 5) is 3.17. The molecule has 0 saturated carbocycles. The van der Waals surface area contributed by atoms with Crippen LogP contribution in [0.5, 0.6) is 0 Å². The van der Waals surface area contributed by atoms with Gasteiger partial charge in [-0.25, -0.2) is 0 Å². The number of H-pyrrole nitrogens is 1. The summed E-state index contributed by atoms with van der Waals surface area (Å²) in [6.07, 6.45) is -9.84. The number of fused-ring (bicyclic) bond motifs is 1. The highest BCUT2D eigenvalue weighted by atomic mass is 16.7. The number of aromatic amines is 1. The van der Waals surface area contributed by atoms with Crippen LogP contribution in [0.15, 0.2) is 30.5 Å². The molecule has 3 heterocycles. The fourth-order valence-electron chi connectivity index (χ4n) is 3.93. The summed E-state index contributed by atoms with van der Waals surface area (Å²) < 4.78 is 21.8. The van der Waals surface area contributed by atoms with E-state index in [1.807, 2.05) is 30.5 Å². The van der Waals surface area contributed by atoms with Gasteiger partial charge in [-0.1, -0.05) is 18.2 Å². The largest absolute Gasteiger partial charge is 0.388 e. The zero-order valence-corrected chi connectivity index (χ0v) is 17.2. The molecule has 2 fully saturated rings. The second kappa shape index (κ2) is 10.1. The maximum Gasteiger partial charge on any atom is 0.186 e. The third kappa shape index (κ3) is 4.82. The lowest BCUT2D eigenvalue weighted by Crippen LogP contribution is -2.60. The summed E-state index contributed by atoms with van der Waals surface area (Å²) in [5.74, 6) is 0. The lowest BCUT2D eigenvalue weighted by molar-refractivity contribution is -0.320. The van der Waals surface area contributed by atoms with Gasteiger partial charge < -0.3 is 54.6 Å². The number of benzene rings is 1. The molecule has 1 aromatic heterocycles. The second-order valence-electron chi connectivity index (χ2n) is 8.08. The molecule has 0 spiro atoms. The van der Waals surface area contributed by atoms with Gasteiger partial charge in [0, 0.05) is 17.1 Å². The molecular weight excluding hydrogens is 426 g/mol. The first-order valence-electron chi connectivity index (χ1n) is 10.5. The lowest BCUT2D eigenvalue weighted by Gasteiger charge is -2.41. The number of ether oxygens (including phenoxy) is 4. The molecule has 2 aromatic rings. The Bertz CT molecular complexity index is 877. The molecule has 4 rings (SSSR count). The van der Waals surface area contributed by atoms with E-state index >= 15 is 0 Å². The summed E-state index contributed by atoms with van der Waals surface area (Å²) in [5.41, 5.74) is 2.02. The molecule has 9 unspecified atom stereocenters. The molecule has 0 bridgehead atoms. The molecule has 0 amide bonds. The van der Waals surface area contributed by atoms with Crippen LogP contribution in [0.3, 0.4) is 0 Å². The van der Waals surface area contributed by atoms with Crippen LogP contribution in [0.2, 0.25) is 0 Å². The van der Waals surface area contributed by atoms with E-state index in [1.54, 1.807) is 0 Å². The first-order chi connectivity index (χ1) is 15.4. The Morgan fingerprint density at radius 1 is 0.875 bits per heavy atom. The van der Waals surface area contributed by atoms with Crippen LogP contribution >= 0.6 is 0 Å². The van der Waals surface area contributed by atoms with Crippen molar-refractivity contribution in [3.05, 3.63) is 36.0 Å². The third-order valence-corrected chi connectivity index (χ3v) is 5.88. The molecule has 178 valence electrons. The first-order valence-corrected chi connectivity index (χ1v) is 10.5. The van der Waals surface area contributed by atoms with Crippen molar-refractivity contribution in [3.8, 4) is 0 Å². The number of hydrogen-bond donors (Lipinski definition) is 7. The van der Waals surface area contributed by atoms with Gasteiger partial charge in [0.15, 0.2) is 12.6 Å². The number of aromatic nitrogens is 1. The summed E-state index contributed by atoms with van der Waals surface area (Å²) in [6.45, 7) is -0.371. The van der Waals surface area contributed by atoms with Crippen molar-refractivity contribution in [1.82, 2.24) is 4.98 Å². The molecule has 9 atom stereocenters. The number of para-hydroxylation sites is 1. The highest BCUT2D eigenvalue weighted by molar-refractivity contribution is 5.83. The Labute approximate surface area is 183 Å². The smallest absolute Gasteiger partial charge is 0.186 e. The number of aliphatic hydroxyl groups is 6. The molecule has 11 nitrogen and oxygen atoms in total. The minimum absolute atomic E-state index is 0.189. The molecule has 2 aliphatic rings. The zero-order valence-electron chi connectivity index (χ0n) is 17.2. The van der Waals surface area contributed by atoms with Crippen molar-refractivity contribution in [1.29, 1.82) is 0 Å². The molecule has 1 aromatic carbocycles. The lowest BCUT2D eigenvalue weighted by atomic mass is 9.99. The van der Waals surface area contributed by atoms with E-state index in [9.17, 15) is 30.6 Å². The minimum atomic E-state index is -1.54. The van der Waals surface area contributed by atoms with Gasteiger partial charge in [-0.2, -0.15) is 0 Å². The van der Waals surface area contributed by atoms with Crippen molar-refractivity contribution in [2.45, 2.75) is 61.7 Å². The van der Waals surface area contributed by atoms with Crippen LogP contribution in [-0.4, -0.2) is 111 Å². The van der Waals surface area contributed by atoms with Crippen LogP contribution in [0.4, 0.5) is 0 Å². The Hall–Kier alpha value is -1.64. The van der Waals surface area contributed by atoms with Gasteiger partial charge in [0.05, 0.1) is 19.8 Å². The average molecular weight is 455 g/mol. The van der Waals surface area contributed by atoms with E-state index in [0.717, 1.165) is 16.5 Å². The topological polar surface area (TPSA) is 174 Å². The average Bonchev–Trinajstić information content (AvgIpc) is 3.21. The second-order valence-corrected chi connectivity index (χ2v) is 8.08. The third-order valence-electron chi connectivity index (χ3n) is 5.88. The van der Waals surface area contributed by atoms with Crippen LogP contribution in [0, 0.1) is 0 Å². The number of rotatable bonds is 7. The van der Waals surface area contributed by atoms with Gasteiger partial charge in [-0.15, -0.1) is 0 Å². The van der Waals surface area contributed by atoms with Crippen LogP contribution < -0.4 is 0 Å². The van der Waals surface area contributed by atoms with E-state index < -0.39 is 55.3 Å². The summed E-state index contributed by atoms with van der Waals surface area (Å²) in [5, 5.41) is 60.9. The van der Waals surface area contributed by atoms with Gasteiger partial charge in [-0.05, 0) is 18.1 Å². The van der Waals surface area contributed by atoms with Crippen molar-refractivity contribution < 1.29 is 49.6 Å². The van der Waals surface area contributed by atoms with Crippen molar-refractivity contribution >= 4 is 10.9 Å². The Morgan fingerprint density at radius 3 is 2.44 bits per heavy atom. The number of aliphatic hydroxyl groups excluding tert-OH is 6. The standard InChI is InChI=1S/C21H29NO10/c23-13-8-30-20(18(27)15(13)24)31-9-14-16(25)17(26)19(28)21(32-14)29-6-5-10-7-22-12-4-2-1-3-11(10)12/h1-4,7,13-28H,5-6,8-9H2. The van der Waals surface area contributed by atoms with Crippen LogP contribution in [0.1, 0.15) is 5.56 Å². The van der Waals surface area contributed by atoms with E-state index in [4.69, 9.17) is 18.9 Å². The molecule has 11 heteroatoms. The van der Waals surface area contributed by atoms with Gasteiger partial charge in [0.2, 0.25) is 0 Å². The van der Waals surface area contributed by atoms with E-state index in [2.05, 4.69) is 4.98 Å². The SMILES string of the molecule is OC1COC(OCC2OC(OCCc3c[nH]c4ccccc34)C(O)C(O)C2O)C(O)C1O. The molecule has 7 N–H and O–H groups in total. The Kier molecular flexibility index (Phi) is 7.42. The summed E-state index contributed by atoms with van der Waals surface area (Å²) in [6, 6.07) is 7.81. The minimum Gasteiger partial charge on any atom is -0.388 e. The van der Waals surface area contributed by atoms with Crippen molar-refractivity contribution in [2.24, 2.45) is 0 Å². The van der Waals surface area contributed by atoms with E-state index in [-0.39, 0.29) is 19.8 Å². The van der Waals surface area contributed by atoms with Crippen LogP contribution in [0.25, 0.3) is 10.9 Å². The highest BCUT2D eigenvalue weighted by Crippen LogP contribution is 2.25. The normalized spacial score (nSPS) is 38.2. The van der Waals surface area contributed by atoms with Gasteiger partial charge in [0.25, 0.3) is 0 Å². The van der Waals surface area contributed by atoms with E-state index in [0.29, 0.717) is 6.42 Å². The summed E-state index contributed by atoms with van der Waals surface area (Å²) in [7, 11) is 0. The molecular formula is C21H29NO10. The first kappa shape index (κ1) is 23.5. The predicted octanol–water partition coefficient (Wildman–Crippen LogP) is -2.01. The Balaban J connectivity index is 1.31. The predicted molar refractivity (Wildman–Crippen MR) is 108 cm³/mol. The fourth-order valence-corrected chi connectivity index (χ4v) is 3.93. The monoisotopic (exact) mass is 455 g/mol. The maximum absolute atomic E-state index is 10.2. The van der Waals surface area contributed by atoms with Gasteiger partial charge in [-0.3, -0.25) is 0 Å².